The number of nitrogens with zero attached hydrogens (tertiary/aromatic N) is 2. The number of morpholine rings is 1. The van der Waals surface area contributed by atoms with E-state index in [2.05, 4.69) is 16.3 Å². The van der Waals surface area contributed by atoms with Crippen LogP contribution in [0.4, 0.5) is 11.4 Å². The molecule has 1 aromatic heterocycles. The molecule has 4 rings (SSSR count). The lowest BCUT2D eigenvalue weighted by Gasteiger charge is -2.30. The predicted molar refractivity (Wildman–Crippen MR) is 112 cm³/mol. The molecule has 2 aromatic carbocycles. The van der Waals surface area contributed by atoms with E-state index in [1.165, 1.54) is 0 Å². The lowest BCUT2D eigenvalue weighted by atomic mass is 10.2. The van der Waals surface area contributed by atoms with Crippen LogP contribution >= 0.6 is 0 Å². The molecule has 1 aliphatic heterocycles. The van der Waals surface area contributed by atoms with Gasteiger partial charge in [-0.25, -0.2) is 0 Å². The van der Waals surface area contributed by atoms with E-state index in [-0.39, 0.29) is 18.3 Å². The first kappa shape index (κ1) is 19.6. The molecule has 1 amide bonds. The first-order chi connectivity index (χ1) is 14.7. The number of amides is 1. The van der Waals surface area contributed by atoms with Gasteiger partial charge in [0.15, 0.2) is 5.76 Å². The van der Waals surface area contributed by atoms with Crippen molar-refractivity contribution in [2.75, 3.05) is 36.5 Å². The maximum atomic E-state index is 12.7. The second-order valence-corrected chi connectivity index (χ2v) is 6.76. The Balaban J connectivity index is 1.39. The third-order valence-electron chi connectivity index (χ3n) is 4.75. The summed E-state index contributed by atoms with van der Waals surface area (Å²) >= 11 is 0. The highest BCUT2D eigenvalue weighted by molar-refractivity contribution is 6.04. The van der Waals surface area contributed by atoms with Crippen molar-refractivity contribution in [1.82, 2.24) is 0 Å². The van der Waals surface area contributed by atoms with Gasteiger partial charge in [0.25, 0.3) is 5.91 Å². The molecular formula is C23H21N3O4. The smallest absolute Gasteiger partial charge is 0.291 e. The molecule has 152 valence electrons. The van der Waals surface area contributed by atoms with Gasteiger partial charge in [-0.3, -0.25) is 4.79 Å². The normalized spacial score (nSPS) is 13.5. The summed E-state index contributed by atoms with van der Waals surface area (Å²) in [7, 11) is 0. The number of para-hydroxylation sites is 2. The highest BCUT2D eigenvalue weighted by atomic mass is 16.5. The number of ether oxygens (including phenoxy) is 2. The monoisotopic (exact) mass is 403 g/mol. The fourth-order valence-corrected chi connectivity index (χ4v) is 3.20. The SMILES string of the molecule is N#Cc1ccc(OCc2ccc(C(=O)Nc3ccccc3N3CCOCC3)o2)cc1. The molecule has 0 unspecified atom stereocenters. The van der Waals surface area contributed by atoms with Crippen LogP contribution in [0.15, 0.2) is 65.1 Å². The molecule has 1 saturated heterocycles. The highest BCUT2D eigenvalue weighted by Gasteiger charge is 2.18. The van der Waals surface area contributed by atoms with Gasteiger partial charge >= 0.3 is 0 Å². The minimum atomic E-state index is -0.319. The standard InChI is InChI=1S/C23H21N3O4/c24-15-17-5-7-18(8-6-17)29-16-19-9-10-22(30-19)23(27)25-20-3-1-2-4-21(20)26-11-13-28-14-12-26/h1-10H,11-14,16H2,(H,25,27). The highest BCUT2D eigenvalue weighted by Crippen LogP contribution is 2.27. The molecule has 1 aliphatic rings. The lowest BCUT2D eigenvalue weighted by molar-refractivity contribution is 0.0992. The lowest BCUT2D eigenvalue weighted by Crippen LogP contribution is -2.36. The van der Waals surface area contributed by atoms with Crippen molar-refractivity contribution in [2.24, 2.45) is 0 Å². The average Bonchev–Trinajstić information content (AvgIpc) is 3.28. The summed E-state index contributed by atoms with van der Waals surface area (Å²) in [6.45, 7) is 3.09. The third kappa shape index (κ3) is 4.62. The van der Waals surface area contributed by atoms with Gasteiger partial charge in [0.05, 0.1) is 36.2 Å². The van der Waals surface area contributed by atoms with Gasteiger partial charge in [-0.05, 0) is 48.5 Å². The van der Waals surface area contributed by atoms with Crippen LogP contribution in [0.2, 0.25) is 0 Å². The van der Waals surface area contributed by atoms with Crippen LogP contribution in [0.5, 0.6) is 5.75 Å². The summed E-state index contributed by atoms with van der Waals surface area (Å²) in [6.07, 6.45) is 0. The summed E-state index contributed by atoms with van der Waals surface area (Å²) in [5, 5.41) is 11.8. The van der Waals surface area contributed by atoms with Gasteiger partial charge in [0.2, 0.25) is 0 Å². The molecule has 1 N–H and O–H groups in total. The molecule has 0 saturated carbocycles. The van der Waals surface area contributed by atoms with Gasteiger partial charge in [-0.2, -0.15) is 5.26 Å². The first-order valence-electron chi connectivity index (χ1n) is 9.68. The zero-order valence-electron chi connectivity index (χ0n) is 16.3. The molecular weight excluding hydrogens is 382 g/mol. The molecule has 0 spiro atoms. The van der Waals surface area contributed by atoms with Crippen molar-refractivity contribution in [3.8, 4) is 11.8 Å². The number of anilines is 2. The van der Waals surface area contributed by atoms with E-state index >= 15 is 0 Å². The van der Waals surface area contributed by atoms with Gasteiger partial charge in [0, 0.05) is 13.1 Å². The number of carbonyl (C=O) groups excluding carboxylic acids is 1. The zero-order valence-corrected chi connectivity index (χ0v) is 16.3. The molecule has 0 radical (unpaired) electrons. The second kappa shape index (κ2) is 9.16. The maximum Gasteiger partial charge on any atom is 0.291 e. The zero-order chi connectivity index (χ0) is 20.8. The minimum absolute atomic E-state index is 0.184. The van der Waals surface area contributed by atoms with E-state index in [9.17, 15) is 4.79 Å². The number of hydrogen-bond acceptors (Lipinski definition) is 6. The Labute approximate surface area is 174 Å². The molecule has 7 nitrogen and oxygen atoms in total. The third-order valence-corrected chi connectivity index (χ3v) is 4.75. The second-order valence-electron chi connectivity index (χ2n) is 6.76. The van der Waals surface area contributed by atoms with Crippen LogP contribution in [0.1, 0.15) is 21.9 Å². The van der Waals surface area contributed by atoms with Crippen LogP contribution < -0.4 is 15.0 Å². The minimum Gasteiger partial charge on any atom is -0.486 e. The van der Waals surface area contributed by atoms with Crippen LogP contribution in [-0.4, -0.2) is 32.2 Å². The Morgan fingerprint density at radius 3 is 2.60 bits per heavy atom. The van der Waals surface area contributed by atoms with Crippen molar-refractivity contribution in [3.05, 3.63) is 77.7 Å². The van der Waals surface area contributed by atoms with E-state index in [0.29, 0.717) is 30.3 Å². The number of hydrogen-bond donors (Lipinski definition) is 1. The Kier molecular flexibility index (Phi) is 5.97. The number of benzene rings is 2. The van der Waals surface area contributed by atoms with Crippen molar-refractivity contribution < 1.29 is 18.7 Å². The summed E-state index contributed by atoms with van der Waals surface area (Å²) in [6, 6.07) is 19.9. The Bertz CT molecular complexity index is 1050. The van der Waals surface area contributed by atoms with Crippen LogP contribution in [-0.2, 0) is 11.3 Å². The first-order valence-corrected chi connectivity index (χ1v) is 9.68. The average molecular weight is 403 g/mol. The molecule has 0 atom stereocenters. The number of rotatable bonds is 6. The van der Waals surface area contributed by atoms with Crippen LogP contribution in [0.3, 0.4) is 0 Å². The quantitative estimate of drug-likeness (QED) is 0.673. The number of nitrogens with one attached hydrogen (secondary N) is 1. The summed E-state index contributed by atoms with van der Waals surface area (Å²) in [5.74, 6) is 1.05. The van der Waals surface area contributed by atoms with Gasteiger partial charge < -0.3 is 24.1 Å². The largest absolute Gasteiger partial charge is 0.486 e. The van der Waals surface area contributed by atoms with Crippen molar-refractivity contribution in [2.45, 2.75) is 6.61 Å². The Morgan fingerprint density at radius 2 is 1.83 bits per heavy atom. The maximum absolute atomic E-state index is 12.7. The van der Waals surface area contributed by atoms with Gasteiger partial charge in [-0.1, -0.05) is 12.1 Å². The van der Waals surface area contributed by atoms with Crippen molar-refractivity contribution in [3.63, 3.8) is 0 Å². The van der Waals surface area contributed by atoms with E-state index in [4.69, 9.17) is 19.2 Å². The summed E-state index contributed by atoms with van der Waals surface area (Å²) < 4.78 is 16.7. The molecule has 30 heavy (non-hydrogen) atoms. The molecule has 2 heterocycles. The van der Waals surface area contributed by atoms with Crippen molar-refractivity contribution >= 4 is 17.3 Å². The van der Waals surface area contributed by atoms with Gasteiger partial charge in [0.1, 0.15) is 18.1 Å². The van der Waals surface area contributed by atoms with E-state index in [1.807, 2.05) is 24.3 Å². The van der Waals surface area contributed by atoms with E-state index in [1.54, 1.807) is 36.4 Å². The van der Waals surface area contributed by atoms with Gasteiger partial charge in [-0.15, -0.1) is 0 Å². The molecule has 1 fully saturated rings. The predicted octanol–water partition coefficient (Wildman–Crippen LogP) is 3.82. The molecule has 0 bridgehead atoms. The fourth-order valence-electron chi connectivity index (χ4n) is 3.20. The van der Waals surface area contributed by atoms with E-state index < -0.39 is 0 Å². The molecule has 0 aliphatic carbocycles. The topological polar surface area (TPSA) is 87.7 Å². The molecule has 7 heteroatoms. The number of carbonyl (C=O) groups is 1. The van der Waals surface area contributed by atoms with Crippen molar-refractivity contribution in [1.29, 1.82) is 5.26 Å². The summed E-state index contributed by atoms with van der Waals surface area (Å²) in [5.41, 5.74) is 2.26. The Morgan fingerprint density at radius 1 is 1.07 bits per heavy atom. The number of furan rings is 1. The summed E-state index contributed by atoms with van der Waals surface area (Å²) in [4.78, 5) is 14.9. The number of nitriles is 1. The van der Waals surface area contributed by atoms with Crippen LogP contribution in [0, 0.1) is 11.3 Å². The Hall–Kier alpha value is -3.76. The van der Waals surface area contributed by atoms with E-state index in [0.717, 1.165) is 24.5 Å². The fraction of sp³-hybridized carbons (Fsp3) is 0.217. The molecule has 3 aromatic rings. The van der Waals surface area contributed by atoms with Crippen LogP contribution in [0.25, 0.3) is 0 Å².